The molecule has 38 heavy (non-hydrogen) atoms. The van der Waals surface area contributed by atoms with E-state index in [1.165, 1.54) is 11.1 Å². The van der Waals surface area contributed by atoms with Gasteiger partial charge in [-0.2, -0.15) is 0 Å². The Kier molecular flexibility index (Phi) is 8.99. The number of nitrogens with zero attached hydrogens (tertiary/aromatic N) is 2. The van der Waals surface area contributed by atoms with E-state index in [1.807, 2.05) is 41.3 Å². The highest BCUT2D eigenvalue weighted by atomic mass is 16.4. The molecular weight excluding hydrogens is 482 g/mol. The fourth-order valence-corrected chi connectivity index (χ4v) is 5.57. The number of nitrogens with two attached hydrogens (primary N) is 1. The Hall–Kier alpha value is -3.88. The number of carbonyl (C=O) groups excluding carboxylic acids is 2. The number of hydrogen-bond acceptors (Lipinski definition) is 4. The average Bonchev–Trinajstić information content (AvgIpc) is 3.05. The standard InChI is InChI=1S/C29H37N5O4/c30-27(31)23-9-8-21-11-15-33(16-12-22(21)17-23)29(38)32-13-10-25-18-24(19-26(35)36)28(37)34(25)14-4-7-20-5-2-1-3-6-20/h1-3,5-6,8-9,17,24-25H,4,7,10-16,18-19H2,(H3,30,31)(H,32,38)(H,35,36)/t24-,25+/m0/s1. The number of amides is 3. The molecule has 0 aliphatic carbocycles. The van der Waals surface area contributed by atoms with Gasteiger partial charge in [0.25, 0.3) is 0 Å². The summed E-state index contributed by atoms with van der Waals surface area (Å²) in [7, 11) is 0. The Morgan fingerprint density at radius 2 is 1.82 bits per heavy atom. The number of urea groups is 1. The van der Waals surface area contributed by atoms with Crippen molar-refractivity contribution in [1.29, 1.82) is 5.41 Å². The van der Waals surface area contributed by atoms with Crippen molar-refractivity contribution in [2.75, 3.05) is 26.2 Å². The van der Waals surface area contributed by atoms with Crippen LogP contribution >= 0.6 is 0 Å². The first kappa shape index (κ1) is 27.2. The number of rotatable bonds is 10. The maximum atomic E-state index is 13.0. The Bertz CT molecular complexity index is 1170. The van der Waals surface area contributed by atoms with Crippen LogP contribution in [0.3, 0.4) is 0 Å². The van der Waals surface area contributed by atoms with Gasteiger partial charge in [-0.15, -0.1) is 0 Å². The van der Waals surface area contributed by atoms with Gasteiger partial charge in [-0.1, -0.05) is 42.5 Å². The van der Waals surface area contributed by atoms with Crippen LogP contribution in [0, 0.1) is 11.3 Å². The molecule has 0 aromatic heterocycles. The first-order valence-corrected chi connectivity index (χ1v) is 13.4. The summed E-state index contributed by atoms with van der Waals surface area (Å²) in [5.74, 6) is -1.52. The van der Waals surface area contributed by atoms with Gasteiger partial charge in [0.2, 0.25) is 5.91 Å². The number of benzene rings is 2. The summed E-state index contributed by atoms with van der Waals surface area (Å²) in [5, 5.41) is 19.9. The average molecular weight is 520 g/mol. The van der Waals surface area contributed by atoms with Crippen LogP contribution in [-0.2, 0) is 28.9 Å². The molecule has 2 aromatic rings. The quantitative estimate of drug-likeness (QED) is 0.282. The maximum absolute atomic E-state index is 13.0. The van der Waals surface area contributed by atoms with Crippen LogP contribution in [0.15, 0.2) is 48.5 Å². The second kappa shape index (κ2) is 12.6. The largest absolute Gasteiger partial charge is 0.481 e. The lowest BCUT2D eigenvalue weighted by Crippen LogP contribution is -2.43. The monoisotopic (exact) mass is 519 g/mol. The third-order valence-electron chi connectivity index (χ3n) is 7.62. The van der Waals surface area contributed by atoms with Crippen molar-refractivity contribution < 1.29 is 19.5 Å². The molecular formula is C29H37N5O4. The van der Waals surface area contributed by atoms with Crippen LogP contribution in [-0.4, -0.2) is 70.9 Å². The van der Waals surface area contributed by atoms with Crippen molar-refractivity contribution in [3.8, 4) is 0 Å². The highest BCUT2D eigenvalue weighted by molar-refractivity contribution is 5.95. The lowest BCUT2D eigenvalue weighted by Gasteiger charge is -2.26. The summed E-state index contributed by atoms with van der Waals surface area (Å²) >= 11 is 0. The number of likely N-dealkylation sites (tertiary alicyclic amines) is 1. The van der Waals surface area contributed by atoms with E-state index in [2.05, 4.69) is 17.4 Å². The third kappa shape index (κ3) is 6.90. The van der Waals surface area contributed by atoms with Crippen LogP contribution in [0.2, 0.25) is 0 Å². The molecule has 0 bridgehead atoms. The molecule has 5 N–H and O–H groups in total. The van der Waals surface area contributed by atoms with E-state index < -0.39 is 11.9 Å². The van der Waals surface area contributed by atoms with Crippen LogP contribution in [0.5, 0.6) is 0 Å². The number of carboxylic acids is 1. The number of nitrogens with one attached hydrogen (secondary N) is 2. The van der Waals surface area contributed by atoms with E-state index in [0.717, 1.165) is 24.8 Å². The van der Waals surface area contributed by atoms with E-state index >= 15 is 0 Å². The number of amidine groups is 1. The lowest BCUT2D eigenvalue weighted by molar-refractivity contribution is -0.142. The fraction of sp³-hybridized carbons (Fsp3) is 0.448. The summed E-state index contributed by atoms with van der Waals surface area (Å²) < 4.78 is 0. The lowest BCUT2D eigenvalue weighted by atomic mass is 10.00. The van der Waals surface area contributed by atoms with E-state index in [1.54, 1.807) is 4.90 Å². The fourth-order valence-electron chi connectivity index (χ4n) is 5.57. The van der Waals surface area contributed by atoms with Gasteiger partial charge >= 0.3 is 12.0 Å². The molecule has 202 valence electrons. The number of hydrogen-bond donors (Lipinski definition) is 4. The Labute approximate surface area is 223 Å². The zero-order valence-corrected chi connectivity index (χ0v) is 21.7. The van der Waals surface area contributed by atoms with Gasteiger partial charge in [0.1, 0.15) is 5.84 Å². The number of nitrogen functional groups attached to an aromatic ring is 1. The molecule has 3 amide bonds. The van der Waals surface area contributed by atoms with Crippen LogP contribution in [0.25, 0.3) is 0 Å². The minimum absolute atomic E-state index is 0.0387. The van der Waals surface area contributed by atoms with Crippen molar-refractivity contribution in [3.05, 3.63) is 70.8 Å². The van der Waals surface area contributed by atoms with E-state index in [-0.39, 0.29) is 30.2 Å². The van der Waals surface area contributed by atoms with Gasteiger partial charge in [0, 0.05) is 37.8 Å². The Balaban J connectivity index is 1.29. The third-order valence-corrected chi connectivity index (χ3v) is 7.62. The maximum Gasteiger partial charge on any atom is 0.317 e. The molecule has 2 aliphatic heterocycles. The van der Waals surface area contributed by atoms with Crippen molar-refractivity contribution in [2.45, 2.75) is 51.0 Å². The number of fused-ring (bicyclic) bond motifs is 1. The summed E-state index contributed by atoms with van der Waals surface area (Å²) in [6.45, 7) is 2.18. The van der Waals surface area contributed by atoms with Gasteiger partial charge in [-0.05, 0) is 61.3 Å². The SMILES string of the molecule is N=C(N)c1ccc2c(c1)CCN(C(=O)NCC[C@@H]1C[C@@H](CC(=O)O)C(=O)N1CCCc1ccccc1)CC2. The van der Waals surface area contributed by atoms with Crippen molar-refractivity contribution >= 4 is 23.7 Å². The van der Waals surface area contributed by atoms with Gasteiger partial charge in [0.15, 0.2) is 0 Å². The van der Waals surface area contributed by atoms with Gasteiger partial charge in [-0.25, -0.2) is 4.79 Å². The first-order valence-electron chi connectivity index (χ1n) is 13.4. The van der Waals surface area contributed by atoms with Crippen LogP contribution in [0.4, 0.5) is 4.79 Å². The van der Waals surface area contributed by atoms with Crippen molar-refractivity contribution in [2.24, 2.45) is 11.7 Å². The minimum Gasteiger partial charge on any atom is -0.481 e. The first-order chi connectivity index (χ1) is 18.3. The van der Waals surface area contributed by atoms with Crippen molar-refractivity contribution in [3.63, 3.8) is 0 Å². The summed E-state index contributed by atoms with van der Waals surface area (Å²) in [6, 6.07) is 15.7. The molecule has 2 aromatic carbocycles. The zero-order chi connectivity index (χ0) is 27.1. The molecule has 0 unspecified atom stereocenters. The smallest absolute Gasteiger partial charge is 0.317 e. The molecule has 1 fully saturated rings. The molecule has 0 spiro atoms. The molecule has 1 saturated heterocycles. The minimum atomic E-state index is -0.959. The topological polar surface area (TPSA) is 140 Å². The predicted molar refractivity (Wildman–Crippen MR) is 145 cm³/mol. The molecule has 0 saturated carbocycles. The number of aliphatic carboxylic acids is 1. The number of carboxylic acid groups (broad SMARTS) is 1. The molecule has 2 heterocycles. The highest BCUT2D eigenvalue weighted by Gasteiger charge is 2.39. The molecule has 4 rings (SSSR count). The Morgan fingerprint density at radius 3 is 2.53 bits per heavy atom. The number of aryl methyl sites for hydroxylation is 1. The van der Waals surface area contributed by atoms with Crippen LogP contribution in [0.1, 0.15) is 47.9 Å². The number of carbonyl (C=O) groups is 3. The summed E-state index contributed by atoms with van der Waals surface area (Å²) in [5.41, 5.74) is 9.82. The molecule has 9 nitrogen and oxygen atoms in total. The van der Waals surface area contributed by atoms with Crippen LogP contribution < -0.4 is 11.1 Å². The van der Waals surface area contributed by atoms with Gasteiger partial charge in [-0.3, -0.25) is 15.0 Å². The molecule has 9 heteroatoms. The highest BCUT2D eigenvalue weighted by Crippen LogP contribution is 2.29. The second-order valence-electron chi connectivity index (χ2n) is 10.2. The molecule has 2 atom stereocenters. The van der Waals surface area contributed by atoms with E-state index in [0.29, 0.717) is 51.0 Å². The Morgan fingerprint density at radius 1 is 1.08 bits per heavy atom. The van der Waals surface area contributed by atoms with Gasteiger partial charge < -0.3 is 26.0 Å². The van der Waals surface area contributed by atoms with E-state index in [9.17, 15) is 19.5 Å². The molecule has 0 radical (unpaired) electrons. The molecule has 2 aliphatic rings. The van der Waals surface area contributed by atoms with Crippen molar-refractivity contribution in [1.82, 2.24) is 15.1 Å². The summed E-state index contributed by atoms with van der Waals surface area (Å²) in [6.07, 6.45) is 4.04. The van der Waals surface area contributed by atoms with E-state index in [4.69, 9.17) is 11.1 Å². The predicted octanol–water partition coefficient (Wildman–Crippen LogP) is 2.80. The summed E-state index contributed by atoms with van der Waals surface area (Å²) in [4.78, 5) is 40.9. The second-order valence-corrected chi connectivity index (χ2v) is 10.2. The normalized spacial score (nSPS) is 19.1. The zero-order valence-electron chi connectivity index (χ0n) is 21.7. The van der Waals surface area contributed by atoms with Gasteiger partial charge in [0.05, 0.1) is 12.3 Å².